The van der Waals surface area contributed by atoms with Gasteiger partial charge in [0, 0.05) is 17.9 Å². The normalized spacial score (nSPS) is 11.7. The fourth-order valence-corrected chi connectivity index (χ4v) is 1.96. The van der Waals surface area contributed by atoms with Crippen molar-refractivity contribution >= 4 is 17.0 Å². The van der Waals surface area contributed by atoms with Gasteiger partial charge in [0.05, 0.1) is 0 Å². The molecule has 0 aromatic carbocycles. The van der Waals surface area contributed by atoms with Crippen molar-refractivity contribution in [3.8, 4) is 0 Å². The Morgan fingerprint density at radius 1 is 1.18 bits per heavy atom. The highest BCUT2D eigenvalue weighted by Crippen LogP contribution is 2.19. The third kappa shape index (κ3) is 2.90. The van der Waals surface area contributed by atoms with Crippen LogP contribution in [0.2, 0.25) is 0 Å². The van der Waals surface area contributed by atoms with Gasteiger partial charge >= 0.3 is 0 Å². The molecule has 2 aromatic rings. The highest BCUT2D eigenvalue weighted by Gasteiger charge is 2.16. The van der Waals surface area contributed by atoms with Crippen LogP contribution in [-0.2, 0) is 0 Å². The van der Waals surface area contributed by atoms with Crippen molar-refractivity contribution in [2.75, 3.05) is 5.32 Å². The Balaban J connectivity index is 2.25. The lowest BCUT2D eigenvalue weighted by molar-refractivity contribution is 0.509. The molecule has 0 bridgehead atoms. The molecule has 0 fully saturated rings. The molecule has 0 aliphatic rings. The van der Waals surface area contributed by atoms with E-state index in [4.69, 9.17) is 0 Å². The SMILES string of the molecule is CCCC(C)(C)Nc1ccc2nccnc2n1. The summed E-state index contributed by atoms with van der Waals surface area (Å²) in [7, 11) is 0. The zero-order chi connectivity index (χ0) is 12.3. The molecule has 4 heteroatoms. The van der Waals surface area contributed by atoms with Crippen molar-refractivity contribution in [2.45, 2.75) is 39.2 Å². The molecule has 1 N–H and O–H groups in total. The maximum atomic E-state index is 4.46. The lowest BCUT2D eigenvalue weighted by atomic mass is 9.99. The van der Waals surface area contributed by atoms with Crippen LogP contribution in [0.25, 0.3) is 11.2 Å². The average molecular weight is 230 g/mol. The predicted molar refractivity (Wildman–Crippen MR) is 69.9 cm³/mol. The van der Waals surface area contributed by atoms with Gasteiger partial charge in [0.15, 0.2) is 5.65 Å². The van der Waals surface area contributed by atoms with Gasteiger partial charge in [-0.2, -0.15) is 0 Å². The van der Waals surface area contributed by atoms with E-state index in [0.717, 1.165) is 24.2 Å². The van der Waals surface area contributed by atoms with Crippen LogP contribution in [-0.4, -0.2) is 20.5 Å². The average Bonchev–Trinajstić information content (AvgIpc) is 2.28. The van der Waals surface area contributed by atoms with Gasteiger partial charge in [-0.15, -0.1) is 0 Å². The second-order valence-corrected chi connectivity index (χ2v) is 4.85. The number of nitrogens with zero attached hydrogens (tertiary/aromatic N) is 3. The summed E-state index contributed by atoms with van der Waals surface area (Å²) in [6.45, 7) is 6.54. The highest BCUT2D eigenvalue weighted by atomic mass is 15.1. The van der Waals surface area contributed by atoms with Crippen molar-refractivity contribution in [3.05, 3.63) is 24.5 Å². The molecule has 0 amide bonds. The molecule has 0 radical (unpaired) electrons. The number of hydrogen-bond acceptors (Lipinski definition) is 4. The van der Waals surface area contributed by atoms with Crippen LogP contribution in [0.15, 0.2) is 24.5 Å². The van der Waals surface area contributed by atoms with E-state index in [-0.39, 0.29) is 5.54 Å². The first-order valence-electron chi connectivity index (χ1n) is 5.97. The summed E-state index contributed by atoms with van der Waals surface area (Å²) in [5.74, 6) is 0.858. The van der Waals surface area contributed by atoms with Gasteiger partial charge in [-0.05, 0) is 32.4 Å². The largest absolute Gasteiger partial charge is 0.365 e. The van der Waals surface area contributed by atoms with Crippen LogP contribution in [0.1, 0.15) is 33.6 Å². The van der Waals surface area contributed by atoms with E-state index >= 15 is 0 Å². The number of anilines is 1. The quantitative estimate of drug-likeness (QED) is 0.877. The molecule has 0 spiro atoms. The Morgan fingerprint density at radius 2 is 1.94 bits per heavy atom. The molecule has 2 rings (SSSR count). The first kappa shape index (κ1) is 11.8. The van der Waals surface area contributed by atoms with Gasteiger partial charge < -0.3 is 5.32 Å². The van der Waals surface area contributed by atoms with Gasteiger partial charge in [0.2, 0.25) is 0 Å². The number of nitrogens with one attached hydrogen (secondary N) is 1. The summed E-state index contributed by atoms with van der Waals surface area (Å²) in [6, 6.07) is 3.90. The summed E-state index contributed by atoms with van der Waals surface area (Å²) < 4.78 is 0. The van der Waals surface area contributed by atoms with E-state index in [2.05, 4.69) is 41.0 Å². The maximum Gasteiger partial charge on any atom is 0.180 e. The van der Waals surface area contributed by atoms with Crippen molar-refractivity contribution in [1.29, 1.82) is 0 Å². The van der Waals surface area contributed by atoms with Gasteiger partial charge in [0.1, 0.15) is 11.3 Å². The molecule has 0 saturated heterocycles. The smallest absolute Gasteiger partial charge is 0.180 e. The van der Waals surface area contributed by atoms with Gasteiger partial charge in [-0.25, -0.2) is 9.97 Å². The fraction of sp³-hybridized carbons (Fsp3) is 0.462. The summed E-state index contributed by atoms with van der Waals surface area (Å²) in [5, 5.41) is 3.43. The van der Waals surface area contributed by atoms with E-state index in [1.807, 2.05) is 12.1 Å². The minimum absolute atomic E-state index is 0.0532. The van der Waals surface area contributed by atoms with Crippen LogP contribution >= 0.6 is 0 Å². The first-order chi connectivity index (χ1) is 8.11. The molecular formula is C13H18N4. The maximum absolute atomic E-state index is 4.46. The number of hydrogen-bond donors (Lipinski definition) is 1. The molecule has 0 aliphatic carbocycles. The second-order valence-electron chi connectivity index (χ2n) is 4.85. The van der Waals surface area contributed by atoms with Crippen LogP contribution in [0.3, 0.4) is 0 Å². The minimum atomic E-state index is 0.0532. The van der Waals surface area contributed by atoms with Crippen LogP contribution < -0.4 is 5.32 Å². The van der Waals surface area contributed by atoms with Crippen molar-refractivity contribution in [3.63, 3.8) is 0 Å². The van der Waals surface area contributed by atoms with Crippen LogP contribution in [0, 0.1) is 0 Å². The third-order valence-corrected chi connectivity index (χ3v) is 2.67. The molecule has 17 heavy (non-hydrogen) atoms. The zero-order valence-electron chi connectivity index (χ0n) is 10.6. The number of fused-ring (bicyclic) bond motifs is 1. The number of aromatic nitrogens is 3. The lowest BCUT2D eigenvalue weighted by Crippen LogP contribution is -2.30. The van der Waals surface area contributed by atoms with Gasteiger partial charge in [-0.1, -0.05) is 13.3 Å². The molecular weight excluding hydrogens is 212 g/mol. The van der Waals surface area contributed by atoms with Crippen LogP contribution in [0.4, 0.5) is 5.82 Å². The lowest BCUT2D eigenvalue weighted by Gasteiger charge is -2.26. The zero-order valence-corrected chi connectivity index (χ0v) is 10.6. The van der Waals surface area contributed by atoms with E-state index in [9.17, 15) is 0 Å². The van der Waals surface area contributed by atoms with E-state index in [1.165, 1.54) is 0 Å². The third-order valence-electron chi connectivity index (χ3n) is 2.67. The molecule has 90 valence electrons. The van der Waals surface area contributed by atoms with E-state index in [1.54, 1.807) is 12.4 Å². The van der Waals surface area contributed by atoms with Crippen LogP contribution in [0.5, 0.6) is 0 Å². The van der Waals surface area contributed by atoms with E-state index in [0.29, 0.717) is 5.65 Å². The number of rotatable bonds is 4. The van der Waals surface area contributed by atoms with Crippen molar-refractivity contribution in [1.82, 2.24) is 15.0 Å². The molecule has 2 aromatic heterocycles. The Morgan fingerprint density at radius 3 is 2.71 bits per heavy atom. The molecule has 0 unspecified atom stereocenters. The molecule has 0 aliphatic heterocycles. The molecule has 2 heterocycles. The summed E-state index contributed by atoms with van der Waals surface area (Å²) in [5.41, 5.74) is 1.56. The topological polar surface area (TPSA) is 50.7 Å². The Kier molecular flexibility index (Phi) is 3.22. The Hall–Kier alpha value is -1.71. The highest BCUT2D eigenvalue weighted by molar-refractivity contribution is 5.71. The Labute approximate surface area is 102 Å². The molecule has 0 atom stereocenters. The summed E-state index contributed by atoms with van der Waals surface area (Å²) in [6.07, 6.45) is 5.59. The first-order valence-corrected chi connectivity index (χ1v) is 5.97. The van der Waals surface area contributed by atoms with E-state index < -0.39 is 0 Å². The molecule has 4 nitrogen and oxygen atoms in total. The standard InChI is InChI=1S/C13H18N4/c1-4-7-13(2,3)17-11-6-5-10-12(16-11)15-9-8-14-10/h5-6,8-9H,4,7H2,1-3H3,(H,15,16,17). The fourth-order valence-electron chi connectivity index (χ4n) is 1.96. The number of pyridine rings is 1. The van der Waals surface area contributed by atoms with Gasteiger partial charge in [-0.3, -0.25) is 4.98 Å². The second kappa shape index (κ2) is 4.65. The van der Waals surface area contributed by atoms with Crippen molar-refractivity contribution in [2.24, 2.45) is 0 Å². The summed E-state index contributed by atoms with van der Waals surface area (Å²) in [4.78, 5) is 12.9. The summed E-state index contributed by atoms with van der Waals surface area (Å²) >= 11 is 0. The molecule has 0 saturated carbocycles. The Bertz CT molecular complexity index is 508. The van der Waals surface area contributed by atoms with Gasteiger partial charge in [0.25, 0.3) is 0 Å². The minimum Gasteiger partial charge on any atom is -0.365 e. The monoisotopic (exact) mass is 230 g/mol. The van der Waals surface area contributed by atoms with Crippen molar-refractivity contribution < 1.29 is 0 Å². The predicted octanol–water partition coefficient (Wildman–Crippen LogP) is 3.02.